The maximum Gasteiger partial charge on any atom is 0.225 e. The van der Waals surface area contributed by atoms with Crippen LogP contribution in [-0.2, 0) is 4.79 Å². The Kier molecular flexibility index (Phi) is 5.70. The van der Waals surface area contributed by atoms with Gasteiger partial charge in [-0.25, -0.2) is 0 Å². The van der Waals surface area contributed by atoms with Gasteiger partial charge in [0, 0.05) is 31.8 Å². The van der Waals surface area contributed by atoms with E-state index in [1.807, 2.05) is 0 Å². The van der Waals surface area contributed by atoms with E-state index >= 15 is 0 Å². The Labute approximate surface area is 134 Å². The molecule has 0 spiro atoms. The fourth-order valence-corrected chi connectivity index (χ4v) is 3.04. The molecule has 0 saturated carbocycles. The van der Waals surface area contributed by atoms with Crippen LogP contribution in [-0.4, -0.2) is 42.2 Å². The molecule has 0 aliphatic carbocycles. The molecule has 1 heterocycles. The maximum atomic E-state index is 12.0. The number of nitrogens with one attached hydrogen (secondary N) is 1. The van der Waals surface area contributed by atoms with Gasteiger partial charge in [-0.05, 0) is 31.0 Å². The molecule has 1 aromatic rings. The van der Waals surface area contributed by atoms with Crippen molar-refractivity contribution in [3.05, 3.63) is 22.2 Å². The zero-order valence-corrected chi connectivity index (χ0v) is 13.1. The Morgan fingerprint density at radius 3 is 2.67 bits per heavy atom. The summed E-state index contributed by atoms with van der Waals surface area (Å²) in [6.45, 7) is 2.63. The van der Waals surface area contributed by atoms with Crippen LogP contribution < -0.4 is 11.1 Å². The minimum absolute atomic E-state index is 0.143. The summed E-state index contributed by atoms with van der Waals surface area (Å²) in [4.78, 5) is 14.1. The largest absolute Gasteiger partial charge is 0.399 e. The summed E-state index contributed by atoms with van der Waals surface area (Å²) in [6.07, 6.45) is 1.34. The second-order valence-electron chi connectivity index (χ2n) is 5.30. The summed E-state index contributed by atoms with van der Waals surface area (Å²) in [7, 11) is 0. The molecule has 0 aromatic heterocycles. The number of carbonyl (C=O) groups is 1. The number of nitrogens with two attached hydrogens (primary N) is 1. The van der Waals surface area contributed by atoms with E-state index in [1.54, 1.807) is 12.1 Å². The van der Waals surface area contributed by atoms with Gasteiger partial charge >= 0.3 is 0 Å². The van der Waals surface area contributed by atoms with E-state index < -0.39 is 0 Å². The molecule has 1 aromatic carbocycles. The highest BCUT2D eigenvalue weighted by molar-refractivity contribution is 6.40. The van der Waals surface area contributed by atoms with E-state index in [-0.39, 0.29) is 12.5 Å². The van der Waals surface area contributed by atoms with Crippen molar-refractivity contribution in [1.29, 1.82) is 0 Å². The molecule has 1 unspecified atom stereocenters. The van der Waals surface area contributed by atoms with E-state index in [2.05, 4.69) is 10.2 Å². The number of benzene rings is 1. The number of likely N-dealkylation sites (tertiary alicyclic amines) is 1. The number of aliphatic hydroxyl groups excluding tert-OH is 1. The van der Waals surface area contributed by atoms with Crippen molar-refractivity contribution in [2.45, 2.75) is 12.8 Å². The zero-order valence-electron chi connectivity index (χ0n) is 11.6. The summed E-state index contributed by atoms with van der Waals surface area (Å²) >= 11 is 12.1. The van der Waals surface area contributed by atoms with E-state index in [0.29, 0.717) is 40.3 Å². The number of aliphatic hydroxyl groups is 1. The van der Waals surface area contributed by atoms with Gasteiger partial charge in [0.05, 0.1) is 15.7 Å². The first-order valence-electron chi connectivity index (χ1n) is 6.87. The first kappa shape index (κ1) is 16.4. The Balaban J connectivity index is 1.85. The van der Waals surface area contributed by atoms with Gasteiger partial charge in [-0.1, -0.05) is 23.2 Å². The van der Waals surface area contributed by atoms with Gasteiger partial charge in [-0.3, -0.25) is 4.79 Å². The van der Waals surface area contributed by atoms with Crippen LogP contribution in [0.5, 0.6) is 0 Å². The summed E-state index contributed by atoms with van der Waals surface area (Å²) in [6, 6.07) is 3.10. The molecule has 2 rings (SSSR count). The van der Waals surface area contributed by atoms with Crippen molar-refractivity contribution >= 4 is 40.5 Å². The number of amides is 1. The minimum atomic E-state index is -0.143. The van der Waals surface area contributed by atoms with Gasteiger partial charge in [0.15, 0.2) is 0 Å². The van der Waals surface area contributed by atoms with Crippen LogP contribution >= 0.6 is 23.2 Å². The molecule has 5 nitrogen and oxygen atoms in total. The Bertz CT molecular complexity index is 502. The molecular weight excluding hydrogens is 313 g/mol. The molecule has 21 heavy (non-hydrogen) atoms. The van der Waals surface area contributed by atoms with Gasteiger partial charge in [-0.15, -0.1) is 0 Å². The van der Waals surface area contributed by atoms with E-state index in [9.17, 15) is 4.79 Å². The number of carbonyl (C=O) groups excluding carboxylic acids is 1. The lowest BCUT2D eigenvalue weighted by molar-refractivity contribution is -0.116. The van der Waals surface area contributed by atoms with Crippen molar-refractivity contribution in [1.82, 2.24) is 4.90 Å². The molecule has 0 bridgehead atoms. The lowest BCUT2D eigenvalue weighted by Gasteiger charge is -2.16. The number of halogens is 2. The van der Waals surface area contributed by atoms with Crippen molar-refractivity contribution in [3.8, 4) is 0 Å². The highest BCUT2D eigenvalue weighted by Gasteiger charge is 2.22. The predicted octanol–water partition coefficient (Wildman–Crippen LogP) is 2.22. The zero-order chi connectivity index (χ0) is 15.4. The second-order valence-corrected chi connectivity index (χ2v) is 6.11. The Morgan fingerprint density at radius 1 is 1.43 bits per heavy atom. The molecule has 116 valence electrons. The number of nitrogens with zero attached hydrogens (tertiary/aromatic N) is 1. The van der Waals surface area contributed by atoms with Gasteiger partial charge in [0.2, 0.25) is 5.91 Å². The number of rotatable bonds is 5. The minimum Gasteiger partial charge on any atom is -0.399 e. The maximum absolute atomic E-state index is 12.0. The summed E-state index contributed by atoms with van der Waals surface area (Å²) in [5.41, 5.74) is 6.47. The molecular formula is C14H19Cl2N3O2. The fraction of sp³-hybridized carbons (Fsp3) is 0.500. The molecule has 0 radical (unpaired) electrons. The topological polar surface area (TPSA) is 78.6 Å². The number of hydrogen-bond donors (Lipinski definition) is 3. The third-order valence-electron chi connectivity index (χ3n) is 3.61. The SMILES string of the molecule is Nc1cc(Cl)c(NC(=O)CCN2CCC(CO)C2)c(Cl)c1. The van der Waals surface area contributed by atoms with Crippen molar-refractivity contribution in [2.75, 3.05) is 37.3 Å². The first-order valence-corrected chi connectivity index (χ1v) is 7.62. The smallest absolute Gasteiger partial charge is 0.225 e. The molecule has 1 atom stereocenters. The number of anilines is 2. The molecule has 1 amide bonds. The van der Waals surface area contributed by atoms with Crippen molar-refractivity contribution < 1.29 is 9.90 Å². The number of nitrogen functional groups attached to an aromatic ring is 1. The van der Waals surface area contributed by atoms with E-state index in [1.165, 1.54) is 0 Å². The van der Waals surface area contributed by atoms with Crippen LogP contribution in [0.2, 0.25) is 10.0 Å². The highest BCUT2D eigenvalue weighted by Crippen LogP contribution is 2.32. The average Bonchev–Trinajstić information content (AvgIpc) is 2.88. The van der Waals surface area contributed by atoms with Crippen LogP contribution in [0.15, 0.2) is 12.1 Å². The van der Waals surface area contributed by atoms with Gasteiger partial charge in [0.25, 0.3) is 0 Å². The summed E-state index contributed by atoms with van der Waals surface area (Å²) in [5.74, 6) is 0.185. The average molecular weight is 332 g/mol. The lowest BCUT2D eigenvalue weighted by atomic mass is 10.1. The summed E-state index contributed by atoms with van der Waals surface area (Å²) in [5, 5.41) is 12.5. The van der Waals surface area contributed by atoms with Crippen LogP contribution in [0.1, 0.15) is 12.8 Å². The van der Waals surface area contributed by atoms with Gasteiger partial charge in [-0.2, -0.15) is 0 Å². The molecule has 4 N–H and O–H groups in total. The van der Waals surface area contributed by atoms with E-state index in [4.69, 9.17) is 34.0 Å². The van der Waals surface area contributed by atoms with Crippen LogP contribution in [0.25, 0.3) is 0 Å². The third kappa shape index (κ3) is 4.48. The predicted molar refractivity (Wildman–Crippen MR) is 85.8 cm³/mol. The molecule has 1 saturated heterocycles. The van der Waals surface area contributed by atoms with Crippen LogP contribution in [0.4, 0.5) is 11.4 Å². The van der Waals surface area contributed by atoms with Gasteiger partial charge < -0.3 is 21.1 Å². The highest BCUT2D eigenvalue weighted by atomic mass is 35.5. The van der Waals surface area contributed by atoms with Crippen LogP contribution in [0, 0.1) is 5.92 Å². The van der Waals surface area contributed by atoms with Crippen molar-refractivity contribution in [2.24, 2.45) is 5.92 Å². The number of hydrogen-bond acceptors (Lipinski definition) is 4. The molecule has 1 fully saturated rings. The summed E-state index contributed by atoms with van der Waals surface area (Å²) < 4.78 is 0. The second kappa shape index (κ2) is 7.31. The molecule has 1 aliphatic heterocycles. The Hall–Kier alpha value is -1.01. The first-order chi connectivity index (χ1) is 9.99. The standard InChI is InChI=1S/C14H19Cl2N3O2/c15-11-5-10(17)6-12(16)14(11)18-13(21)2-4-19-3-1-9(7-19)8-20/h5-6,9,20H,1-4,7-8,17H2,(H,18,21). The van der Waals surface area contributed by atoms with Crippen LogP contribution in [0.3, 0.4) is 0 Å². The molecule has 1 aliphatic rings. The monoisotopic (exact) mass is 331 g/mol. The third-order valence-corrected chi connectivity index (χ3v) is 4.21. The van der Waals surface area contributed by atoms with E-state index in [0.717, 1.165) is 19.5 Å². The molecule has 7 heteroatoms. The van der Waals surface area contributed by atoms with Gasteiger partial charge in [0.1, 0.15) is 0 Å². The van der Waals surface area contributed by atoms with Crippen molar-refractivity contribution in [3.63, 3.8) is 0 Å². The quantitative estimate of drug-likeness (QED) is 0.723. The fourth-order valence-electron chi connectivity index (χ4n) is 2.44. The lowest BCUT2D eigenvalue weighted by Crippen LogP contribution is -2.26. The Morgan fingerprint density at radius 2 is 2.10 bits per heavy atom. The normalized spacial score (nSPS) is 18.9.